The molecule has 8 nitrogen and oxygen atoms in total. The van der Waals surface area contributed by atoms with E-state index in [9.17, 15) is 9.59 Å². The zero-order valence-electron chi connectivity index (χ0n) is 13.7. The van der Waals surface area contributed by atoms with Crippen molar-refractivity contribution in [3.05, 3.63) is 75.5 Å². The molecule has 0 fully saturated rings. The van der Waals surface area contributed by atoms with Gasteiger partial charge in [0, 0.05) is 22.4 Å². The number of hydrogen-bond donors (Lipinski definition) is 2. The molecule has 9 heteroatoms. The van der Waals surface area contributed by atoms with Gasteiger partial charge in [0.1, 0.15) is 0 Å². The Hall–Kier alpha value is -3.46. The number of nitrogens with zero attached hydrogens (tertiary/aromatic N) is 4. The molecule has 0 radical (unpaired) electrons. The van der Waals surface area contributed by atoms with Crippen LogP contribution in [0.1, 0.15) is 10.4 Å². The molecule has 0 aliphatic rings. The molecule has 4 rings (SSSR count). The summed E-state index contributed by atoms with van der Waals surface area (Å²) in [6.45, 7) is 0. The highest BCUT2D eigenvalue weighted by molar-refractivity contribution is 9.10. The quantitative estimate of drug-likeness (QED) is 0.524. The largest absolute Gasteiger partial charge is 0.313 e. The second-order valence-electron chi connectivity index (χ2n) is 5.56. The fourth-order valence-electron chi connectivity index (χ4n) is 2.48. The molecular formula is C18H11BrN6O2. The fourth-order valence-corrected chi connectivity index (χ4v) is 2.88. The van der Waals surface area contributed by atoms with Crippen molar-refractivity contribution in [2.24, 2.45) is 0 Å². The van der Waals surface area contributed by atoms with Crippen LogP contribution >= 0.6 is 15.9 Å². The van der Waals surface area contributed by atoms with Crippen LogP contribution in [0.2, 0.25) is 0 Å². The van der Waals surface area contributed by atoms with Crippen molar-refractivity contribution >= 4 is 38.8 Å². The first kappa shape index (κ1) is 17.0. The third-order valence-corrected chi connectivity index (χ3v) is 4.25. The molecule has 0 atom stereocenters. The number of fused-ring (bicyclic) bond motifs is 1. The van der Waals surface area contributed by atoms with Gasteiger partial charge >= 0.3 is 0 Å². The molecule has 0 saturated carbocycles. The molecule has 0 bridgehead atoms. The van der Waals surface area contributed by atoms with E-state index in [4.69, 9.17) is 0 Å². The van der Waals surface area contributed by atoms with E-state index in [1.54, 1.807) is 12.3 Å². The second kappa shape index (κ2) is 7.04. The SMILES string of the molecule is O=C(Nc1nccc(-c2cccc(Br)c2)n1)c1cnc2nc[nH]c(=O)c2c1. The predicted molar refractivity (Wildman–Crippen MR) is 103 cm³/mol. The third kappa shape index (κ3) is 3.58. The number of carbonyl (C=O) groups is 1. The number of H-pyrrole nitrogens is 1. The van der Waals surface area contributed by atoms with Gasteiger partial charge in [-0.1, -0.05) is 28.1 Å². The Morgan fingerprint density at radius 1 is 1.11 bits per heavy atom. The summed E-state index contributed by atoms with van der Waals surface area (Å²) in [4.78, 5) is 43.2. The van der Waals surface area contributed by atoms with Crippen molar-refractivity contribution in [2.45, 2.75) is 0 Å². The van der Waals surface area contributed by atoms with Gasteiger partial charge in [-0.25, -0.2) is 19.9 Å². The van der Waals surface area contributed by atoms with Crippen LogP contribution in [0.4, 0.5) is 5.95 Å². The monoisotopic (exact) mass is 422 g/mol. The van der Waals surface area contributed by atoms with Crippen molar-refractivity contribution < 1.29 is 4.79 Å². The van der Waals surface area contributed by atoms with E-state index in [0.29, 0.717) is 5.69 Å². The van der Waals surface area contributed by atoms with E-state index in [1.807, 2.05) is 24.3 Å². The predicted octanol–water partition coefficient (Wildman–Crippen LogP) is 2.79. The van der Waals surface area contributed by atoms with Gasteiger partial charge in [-0.2, -0.15) is 0 Å². The fraction of sp³-hybridized carbons (Fsp3) is 0. The van der Waals surface area contributed by atoms with Crippen LogP contribution < -0.4 is 10.9 Å². The molecule has 0 spiro atoms. The highest BCUT2D eigenvalue weighted by Crippen LogP contribution is 2.21. The highest BCUT2D eigenvalue weighted by atomic mass is 79.9. The molecule has 0 unspecified atom stereocenters. The zero-order chi connectivity index (χ0) is 18.8. The van der Waals surface area contributed by atoms with Crippen LogP contribution in [0.25, 0.3) is 22.3 Å². The molecule has 27 heavy (non-hydrogen) atoms. The van der Waals surface area contributed by atoms with E-state index < -0.39 is 5.91 Å². The number of amides is 1. The maximum absolute atomic E-state index is 12.5. The van der Waals surface area contributed by atoms with Crippen LogP contribution in [0.3, 0.4) is 0 Å². The van der Waals surface area contributed by atoms with E-state index in [0.717, 1.165) is 10.0 Å². The van der Waals surface area contributed by atoms with Gasteiger partial charge in [0.25, 0.3) is 11.5 Å². The lowest BCUT2D eigenvalue weighted by atomic mass is 10.1. The van der Waals surface area contributed by atoms with Crippen LogP contribution in [-0.4, -0.2) is 30.8 Å². The Morgan fingerprint density at radius 3 is 2.85 bits per heavy atom. The molecule has 0 aliphatic carbocycles. The topological polar surface area (TPSA) is 114 Å². The molecule has 1 amide bonds. The Kier molecular flexibility index (Phi) is 4.43. The second-order valence-corrected chi connectivity index (χ2v) is 6.47. The van der Waals surface area contributed by atoms with E-state index in [1.165, 1.54) is 18.6 Å². The first-order valence-electron chi connectivity index (χ1n) is 7.84. The molecule has 3 heterocycles. The van der Waals surface area contributed by atoms with Crippen LogP contribution in [0.5, 0.6) is 0 Å². The number of hydrogen-bond acceptors (Lipinski definition) is 6. The molecular weight excluding hydrogens is 412 g/mol. The number of rotatable bonds is 3. The molecule has 3 aromatic heterocycles. The van der Waals surface area contributed by atoms with Crippen molar-refractivity contribution in [1.82, 2.24) is 24.9 Å². The zero-order valence-corrected chi connectivity index (χ0v) is 15.3. The third-order valence-electron chi connectivity index (χ3n) is 3.76. The van der Waals surface area contributed by atoms with Gasteiger partial charge in [-0.3, -0.25) is 14.9 Å². The van der Waals surface area contributed by atoms with E-state index in [-0.39, 0.29) is 28.1 Å². The number of aromatic nitrogens is 5. The molecule has 132 valence electrons. The van der Waals surface area contributed by atoms with Crippen LogP contribution in [0, 0.1) is 0 Å². The molecule has 0 aliphatic heterocycles. The smallest absolute Gasteiger partial charge is 0.260 e. The summed E-state index contributed by atoms with van der Waals surface area (Å²) in [6.07, 6.45) is 4.17. The summed E-state index contributed by atoms with van der Waals surface area (Å²) in [5, 5.41) is 2.85. The van der Waals surface area contributed by atoms with Gasteiger partial charge in [0.15, 0.2) is 5.65 Å². The number of anilines is 1. The Bertz CT molecular complexity index is 1220. The number of aromatic amines is 1. The Labute approximate surface area is 160 Å². The Balaban J connectivity index is 1.63. The van der Waals surface area contributed by atoms with Crippen molar-refractivity contribution in [2.75, 3.05) is 5.32 Å². The van der Waals surface area contributed by atoms with Gasteiger partial charge in [0.2, 0.25) is 5.95 Å². The van der Waals surface area contributed by atoms with Gasteiger partial charge < -0.3 is 4.98 Å². The molecule has 4 aromatic rings. The number of halogens is 1. The summed E-state index contributed by atoms with van der Waals surface area (Å²) in [5.41, 5.74) is 1.65. The summed E-state index contributed by atoms with van der Waals surface area (Å²) < 4.78 is 0.922. The summed E-state index contributed by atoms with van der Waals surface area (Å²) >= 11 is 3.42. The van der Waals surface area contributed by atoms with Gasteiger partial charge in [-0.15, -0.1) is 0 Å². The van der Waals surface area contributed by atoms with E-state index in [2.05, 4.69) is 46.2 Å². The Morgan fingerprint density at radius 2 is 2.00 bits per heavy atom. The standard InChI is InChI=1S/C18H11BrN6O2/c19-12-3-1-2-10(6-12)14-4-5-20-18(24-14)25-16(26)11-7-13-15(21-8-11)22-9-23-17(13)27/h1-9H,(H,20,24,25,26)(H,21,22,23,27). The summed E-state index contributed by atoms with van der Waals surface area (Å²) in [5.74, 6) is -0.322. The van der Waals surface area contributed by atoms with Gasteiger partial charge in [0.05, 0.1) is 23.0 Å². The van der Waals surface area contributed by atoms with Crippen molar-refractivity contribution in [3.8, 4) is 11.3 Å². The maximum atomic E-state index is 12.5. The first-order chi connectivity index (χ1) is 13.1. The summed E-state index contributed by atoms with van der Waals surface area (Å²) in [7, 11) is 0. The normalized spacial score (nSPS) is 10.7. The number of benzene rings is 1. The minimum Gasteiger partial charge on any atom is -0.313 e. The van der Waals surface area contributed by atoms with Crippen molar-refractivity contribution in [3.63, 3.8) is 0 Å². The highest BCUT2D eigenvalue weighted by Gasteiger charge is 2.12. The van der Waals surface area contributed by atoms with E-state index >= 15 is 0 Å². The number of pyridine rings is 1. The minimum absolute atomic E-state index is 0.151. The summed E-state index contributed by atoms with van der Waals surface area (Å²) in [6, 6.07) is 10.8. The number of carbonyl (C=O) groups excluding carboxylic acids is 1. The first-order valence-corrected chi connectivity index (χ1v) is 8.63. The lowest BCUT2D eigenvalue weighted by Crippen LogP contribution is -2.16. The molecule has 0 saturated heterocycles. The maximum Gasteiger partial charge on any atom is 0.260 e. The molecule has 1 aromatic carbocycles. The number of nitrogens with one attached hydrogen (secondary N) is 2. The van der Waals surface area contributed by atoms with Crippen molar-refractivity contribution in [1.29, 1.82) is 0 Å². The lowest BCUT2D eigenvalue weighted by Gasteiger charge is -2.06. The van der Waals surface area contributed by atoms with Crippen LogP contribution in [0.15, 0.2) is 64.4 Å². The average molecular weight is 423 g/mol. The van der Waals surface area contributed by atoms with Crippen LogP contribution in [-0.2, 0) is 0 Å². The molecule has 2 N–H and O–H groups in total. The van der Waals surface area contributed by atoms with Gasteiger partial charge in [-0.05, 0) is 24.3 Å². The average Bonchev–Trinajstić information content (AvgIpc) is 2.68. The lowest BCUT2D eigenvalue weighted by molar-refractivity contribution is 0.102. The minimum atomic E-state index is -0.473.